The highest BCUT2D eigenvalue weighted by molar-refractivity contribution is 7.89. The predicted molar refractivity (Wildman–Crippen MR) is 60.2 cm³/mol. The van der Waals surface area contributed by atoms with Gasteiger partial charge in [-0.05, 0) is 24.6 Å². The van der Waals surface area contributed by atoms with Gasteiger partial charge in [0.1, 0.15) is 0 Å². The molecule has 1 aromatic carbocycles. The maximum absolute atomic E-state index is 12.0. The van der Waals surface area contributed by atoms with Crippen LogP contribution in [0.1, 0.15) is 18.5 Å². The van der Waals surface area contributed by atoms with Crippen molar-refractivity contribution >= 4 is 10.0 Å². The van der Waals surface area contributed by atoms with Gasteiger partial charge in [-0.3, -0.25) is 0 Å². The smallest absolute Gasteiger partial charge is 0.250 e. The van der Waals surface area contributed by atoms with Crippen LogP contribution in [0.2, 0.25) is 0 Å². The second-order valence-electron chi connectivity index (χ2n) is 3.64. The summed E-state index contributed by atoms with van der Waals surface area (Å²) in [6.45, 7) is 1.23. The van der Waals surface area contributed by atoms with Gasteiger partial charge in [-0.15, -0.1) is 0 Å². The minimum Gasteiger partial charge on any atom is -0.305 e. The number of sulfonamides is 1. The molecular formula is C10H14F2N2O2S. The van der Waals surface area contributed by atoms with Gasteiger partial charge in [0.05, 0.1) is 11.4 Å². The second-order valence-corrected chi connectivity index (χ2v) is 5.20. The predicted octanol–water partition coefficient (Wildman–Crippen LogP) is 1.25. The minimum atomic E-state index is -3.77. The molecule has 0 aliphatic heterocycles. The van der Waals surface area contributed by atoms with Gasteiger partial charge in [-0.2, -0.15) is 0 Å². The van der Waals surface area contributed by atoms with Crippen LogP contribution >= 0.6 is 0 Å². The topological polar surface area (TPSA) is 72.2 Å². The van der Waals surface area contributed by atoms with Crippen LogP contribution in [0.25, 0.3) is 0 Å². The van der Waals surface area contributed by atoms with Crippen molar-refractivity contribution < 1.29 is 17.2 Å². The molecule has 96 valence electrons. The van der Waals surface area contributed by atoms with Crippen molar-refractivity contribution in [3.63, 3.8) is 0 Å². The molecule has 7 heteroatoms. The number of hydrogen-bond acceptors (Lipinski definition) is 3. The molecule has 0 saturated heterocycles. The molecule has 17 heavy (non-hydrogen) atoms. The van der Waals surface area contributed by atoms with Gasteiger partial charge in [0.25, 0.3) is 6.43 Å². The molecule has 1 aromatic rings. The van der Waals surface area contributed by atoms with E-state index in [9.17, 15) is 17.2 Å². The summed E-state index contributed by atoms with van der Waals surface area (Å²) in [5.74, 6) is 0. The van der Waals surface area contributed by atoms with Crippen LogP contribution in [0.3, 0.4) is 0 Å². The first-order valence-electron chi connectivity index (χ1n) is 4.95. The molecule has 0 spiro atoms. The number of hydrogen-bond donors (Lipinski definition) is 2. The molecule has 1 atom stereocenters. The van der Waals surface area contributed by atoms with Gasteiger partial charge in [-0.1, -0.05) is 12.1 Å². The summed E-state index contributed by atoms with van der Waals surface area (Å²) in [6, 6.07) is 5.54. The van der Waals surface area contributed by atoms with E-state index in [4.69, 9.17) is 5.14 Å². The van der Waals surface area contributed by atoms with Crippen LogP contribution in [0, 0.1) is 0 Å². The molecule has 0 aliphatic rings. The number of nitrogens with two attached hydrogens (primary N) is 1. The van der Waals surface area contributed by atoms with Crippen molar-refractivity contribution in [1.82, 2.24) is 5.32 Å². The zero-order chi connectivity index (χ0) is 13.1. The molecule has 1 unspecified atom stereocenters. The third-order valence-corrected chi connectivity index (χ3v) is 3.18. The molecule has 0 aromatic heterocycles. The monoisotopic (exact) mass is 264 g/mol. The Kier molecular flexibility index (Phi) is 4.55. The SMILES string of the molecule is CC(NCC(F)F)c1cccc(S(N)(=O)=O)c1. The highest BCUT2D eigenvalue weighted by atomic mass is 32.2. The first-order chi connectivity index (χ1) is 7.80. The molecule has 0 saturated carbocycles. The van der Waals surface area contributed by atoms with E-state index >= 15 is 0 Å². The quantitative estimate of drug-likeness (QED) is 0.840. The van der Waals surface area contributed by atoms with Crippen molar-refractivity contribution in [1.29, 1.82) is 0 Å². The summed E-state index contributed by atoms with van der Waals surface area (Å²) in [5, 5.41) is 7.57. The Balaban J connectivity index is 2.85. The first kappa shape index (κ1) is 14.0. The standard InChI is InChI=1S/C10H14F2N2O2S/c1-7(14-6-10(11)12)8-3-2-4-9(5-8)17(13,15)16/h2-5,7,10,14H,6H2,1H3,(H2,13,15,16). The maximum atomic E-state index is 12.0. The summed E-state index contributed by atoms with van der Waals surface area (Å²) in [5.41, 5.74) is 0.595. The summed E-state index contributed by atoms with van der Waals surface area (Å²) in [6.07, 6.45) is -2.45. The Labute approximate surface area is 98.9 Å². The van der Waals surface area contributed by atoms with Crippen LogP contribution in [-0.2, 0) is 10.0 Å². The number of primary sulfonamides is 1. The zero-order valence-electron chi connectivity index (χ0n) is 9.23. The molecule has 0 aliphatic carbocycles. The lowest BCUT2D eigenvalue weighted by atomic mass is 10.1. The minimum absolute atomic E-state index is 0.0271. The molecule has 4 nitrogen and oxygen atoms in total. The van der Waals surface area contributed by atoms with Crippen molar-refractivity contribution in [2.45, 2.75) is 24.3 Å². The average Bonchev–Trinajstić information content (AvgIpc) is 2.25. The Hall–Kier alpha value is -1.05. The molecule has 1 rings (SSSR count). The molecule has 0 fully saturated rings. The normalized spacial score (nSPS) is 13.9. The fraction of sp³-hybridized carbons (Fsp3) is 0.400. The van der Waals surface area contributed by atoms with E-state index in [1.165, 1.54) is 18.2 Å². The van der Waals surface area contributed by atoms with Crippen LogP contribution in [0.4, 0.5) is 8.78 Å². The van der Waals surface area contributed by atoms with Crippen LogP contribution in [0.5, 0.6) is 0 Å². The zero-order valence-corrected chi connectivity index (χ0v) is 10.0. The number of nitrogens with one attached hydrogen (secondary N) is 1. The van der Waals surface area contributed by atoms with Gasteiger partial charge in [0, 0.05) is 6.04 Å². The summed E-state index contributed by atoms with van der Waals surface area (Å²) >= 11 is 0. The Morgan fingerprint density at radius 1 is 1.41 bits per heavy atom. The Bertz CT molecular complexity index is 477. The van der Waals surface area contributed by atoms with Crippen molar-refractivity contribution in [3.05, 3.63) is 29.8 Å². The number of rotatable bonds is 5. The fourth-order valence-electron chi connectivity index (χ4n) is 1.34. The molecule has 0 amide bonds. The summed E-state index contributed by atoms with van der Waals surface area (Å²) < 4.78 is 46.2. The molecule has 0 heterocycles. The van der Waals surface area contributed by atoms with Crippen LogP contribution in [0.15, 0.2) is 29.2 Å². The Morgan fingerprint density at radius 2 is 2.06 bits per heavy atom. The van der Waals surface area contributed by atoms with Crippen LogP contribution in [-0.4, -0.2) is 21.4 Å². The third kappa shape index (κ3) is 4.37. The largest absolute Gasteiger partial charge is 0.305 e. The molecular weight excluding hydrogens is 250 g/mol. The van der Waals surface area contributed by atoms with E-state index in [2.05, 4.69) is 5.32 Å². The first-order valence-corrected chi connectivity index (χ1v) is 6.49. The fourth-order valence-corrected chi connectivity index (χ4v) is 1.91. The summed E-state index contributed by atoms with van der Waals surface area (Å²) in [7, 11) is -3.77. The van der Waals surface area contributed by atoms with E-state index in [-0.39, 0.29) is 10.9 Å². The maximum Gasteiger partial charge on any atom is 0.250 e. The average molecular weight is 264 g/mol. The van der Waals surface area contributed by atoms with Gasteiger partial charge in [0.15, 0.2) is 0 Å². The van der Waals surface area contributed by atoms with E-state index < -0.39 is 23.0 Å². The molecule has 0 bridgehead atoms. The highest BCUT2D eigenvalue weighted by Gasteiger charge is 2.12. The number of halogens is 2. The van der Waals surface area contributed by atoms with Crippen molar-refractivity contribution in [3.8, 4) is 0 Å². The van der Waals surface area contributed by atoms with E-state index in [1.54, 1.807) is 13.0 Å². The van der Waals surface area contributed by atoms with E-state index in [0.717, 1.165) is 0 Å². The van der Waals surface area contributed by atoms with Crippen molar-refractivity contribution in [2.24, 2.45) is 5.14 Å². The lowest BCUT2D eigenvalue weighted by molar-refractivity contribution is 0.142. The van der Waals surface area contributed by atoms with Gasteiger partial charge in [-0.25, -0.2) is 22.3 Å². The Morgan fingerprint density at radius 3 is 2.59 bits per heavy atom. The third-order valence-electron chi connectivity index (χ3n) is 2.26. The lowest BCUT2D eigenvalue weighted by Gasteiger charge is -2.14. The van der Waals surface area contributed by atoms with Gasteiger partial charge >= 0.3 is 0 Å². The van der Waals surface area contributed by atoms with Crippen molar-refractivity contribution in [2.75, 3.05) is 6.54 Å². The number of alkyl halides is 2. The van der Waals surface area contributed by atoms with E-state index in [0.29, 0.717) is 5.56 Å². The lowest BCUT2D eigenvalue weighted by Crippen LogP contribution is -2.24. The second kappa shape index (κ2) is 5.52. The van der Waals surface area contributed by atoms with Gasteiger partial charge < -0.3 is 5.32 Å². The van der Waals surface area contributed by atoms with Gasteiger partial charge in [0.2, 0.25) is 10.0 Å². The number of benzene rings is 1. The van der Waals surface area contributed by atoms with E-state index in [1.807, 2.05) is 0 Å². The molecule has 0 radical (unpaired) electrons. The van der Waals surface area contributed by atoms with Crippen LogP contribution < -0.4 is 10.5 Å². The molecule has 3 N–H and O–H groups in total. The highest BCUT2D eigenvalue weighted by Crippen LogP contribution is 2.16. The summed E-state index contributed by atoms with van der Waals surface area (Å²) in [4.78, 5) is -0.0271.